The maximum Gasteiger partial charge on any atom is 0.373 e. The lowest BCUT2D eigenvalue weighted by Crippen LogP contribution is -2.06. The Bertz CT molecular complexity index is 177. The fourth-order valence-corrected chi connectivity index (χ4v) is 0.774. The van der Waals surface area contributed by atoms with E-state index in [0.717, 1.165) is 7.11 Å². The van der Waals surface area contributed by atoms with E-state index < -0.39 is 19.3 Å². The summed E-state index contributed by atoms with van der Waals surface area (Å²) in [5, 5.41) is 0. The molecule has 0 aliphatic carbocycles. The van der Waals surface area contributed by atoms with Crippen LogP contribution in [-0.4, -0.2) is 24.3 Å². The van der Waals surface area contributed by atoms with E-state index in [9.17, 15) is 12.6 Å². The first-order chi connectivity index (χ1) is 3.48. The van der Waals surface area contributed by atoms with Crippen LogP contribution in [0, 0.1) is 0 Å². The van der Waals surface area contributed by atoms with Gasteiger partial charge in [0.1, 0.15) is 0 Å². The third-order valence-electron chi connectivity index (χ3n) is 0.308. The molecule has 0 aliphatic rings. The predicted octanol–water partition coefficient (Wildman–Crippen LogP) is -0.901. The molecule has 0 bridgehead atoms. The molecule has 0 saturated carbocycles. The van der Waals surface area contributed by atoms with Gasteiger partial charge < -0.3 is 0 Å². The molecule has 5 nitrogen and oxygen atoms in total. The van der Waals surface area contributed by atoms with Gasteiger partial charge in [-0.05, 0) is 0 Å². The van der Waals surface area contributed by atoms with Gasteiger partial charge in [0.25, 0.3) is 0 Å². The van der Waals surface area contributed by atoms with Gasteiger partial charge in [0.05, 0.1) is 7.11 Å². The Morgan fingerprint density at radius 1 is 1.62 bits per heavy atom. The fraction of sp³-hybridized carbons (Fsp3) is 1.00. The number of rotatable bonds is 2. The van der Waals surface area contributed by atoms with Crippen LogP contribution in [0.1, 0.15) is 0 Å². The van der Waals surface area contributed by atoms with Gasteiger partial charge in [0, 0.05) is 0 Å². The maximum absolute atomic E-state index is 9.88. The normalized spacial score (nSPS) is 15.8. The summed E-state index contributed by atoms with van der Waals surface area (Å²) in [7, 11) is -6.21. The Hall–Kier alpha value is 0.0200. The summed E-state index contributed by atoms with van der Waals surface area (Å²) in [6.45, 7) is 0. The molecule has 0 aliphatic heterocycles. The SMILES string of the molecule is COS(=O)S(=O)(=O)O. The van der Waals surface area contributed by atoms with Gasteiger partial charge in [0.2, 0.25) is 0 Å². The Morgan fingerprint density at radius 2 is 2.00 bits per heavy atom. The van der Waals surface area contributed by atoms with Gasteiger partial charge in [-0.1, -0.05) is 0 Å². The molecule has 1 atom stereocenters. The largest absolute Gasteiger partial charge is 0.373 e. The van der Waals surface area contributed by atoms with E-state index in [4.69, 9.17) is 4.55 Å². The zero-order valence-electron chi connectivity index (χ0n) is 3.90. The first-order valence-electron chi connectivity index (χ1n) is 1.42. The molecule has 0 radical (unpaired) electrons. The summed E-state index contributed by atoms with van der Waals surface area (Å²) in [4.78, 5) is 0. The molecule has 0 amide bonds. The van der Waals surface area contributed by atoms with Crippen molar-refractivity contribution in [3.63, 3.8) is 0 Å². The molecule has 7 heteroatoms. The molecule has 0 heterocycles. The average Bonchev–Trinajstić information content (AvgIpc) is 1.62. The minimum absolute atomic E-state index is 0.907. The van der Waals surface area contributed by atoms with Crippen LogP contribution in [0.15, 0.2) is 0 Å². The Morgan fingerprint density at radius 3 is 2.00 bits per heavy atom. The molecular weight excluding hydrogens is 156 g/mol. The van der Waals surface area contributed by atoms with Gasteiger partial charge in [-0.3, -0.25) is 8.74 Å². The summed E-state index contributed by atoms with van der Waals surface area (Å²) in [6.07, 6.45) is 0. The van der Waals surface area contributed by atoms with Gasteiger partial charge in [-0.2, -0.15) is 8.42 Å². The maximum atomic E-state index is 9.88. The molecule has 50 valence electrons. The zero-order chi connectivity index (χ0) is 6.78. The number of hydrogen-bond donors (Lipinski definition) is 1. The number of hydrogen-bond acceptors (Lipinski definition) is 4. The second-order valence-corrected chi connectivity index (χ2v) is 4.48. The summed E-state index contributed by atoms with van der Waals surface area (Å²) < 4.78 is 40.9. The lowest BCUT2D eigenvalue weighted by molar-refractivity contribution is 0.440. The molecule has 0 aromatic heterocycles. The molecule has 0 spiro atoms. The molecule has 8 heavy (non-hydrogen) atoms. The monoisotopic (exact) mass is 160 g/mol. The van der Waals surface area contributed by atoms with Crippen molar-refractivity contribution in [1.29, 1.82) is 0 Å². The van der Waals surface area contributed by atoms with Crippen LogP contribution in [0.4, 0.5) is 0 Å². The summed E-state index contributed by atoms with van der Waals surface area (Å²) in [6, 6.07) is 0. The molecular formula is CH4O5S2. The van der Waals surface area contributed by atoms with Gasteiger partial charge in [-0.25, -0.2) is 4.21 Å². The van der Waals surface area contributed by atoms with Crippen molar-refractivity contribution in [1.82, 2.24) is 0 Å². The molecule has 0 saturated heterocycles. The zero-order valence-corrected chi connectivity index (χ0v) is 5.53. The van der Waals surface area contributed by atoms with Gasteiger partial charge in [0.15, 0.2) is 0 Å². The molecule has 0 fully saturated rings. The van der Waals surface area contributed by atoms with E-state index in [2.05, 4.69) is 4.18 Å². The van der Waals surface area contributed by atoms with Crippen molar-refractivity contribution in [2.75, 3.05) is 7.11 Å². The second-order valence-electron chi connectivity index (χ2n) is 0.799. The van der Waals surface area contributed by atoms with Crippen molar-refractivity contribution in [3.05, 3.63) is 0 Å². The Kier molecular flexibility index (Phi) is 2.54. The van der Waals surface area contributed by atoms with Crippen LogP contribution in [0.3, 0.4) is 0 Å². The molecule has 0 aromatic carbocycles. The lowest BCUT2D eigenvalue weighted by atomic mass is 11.8. The van der Waals surface area contributed by atoms with Crippen LogP contribution < -0.4 is 0 Å². The van der Waals surface area contributed by atoms with Crippen LogP contribution in [0.25, 0.3) is 0 Å². The lowest BCUT2D eigenvalue weighted by Gasteiger charge is -1.88. The first kappa shape index (κ1) is 8.02. The highest BCUT2D eigenvalue weighted by molar-refractivity contribution is 8.59. The van der Waals surface area contributed by atoms with E-state index in [1.54, 1.807) is 0 Å². The third kappa shape index (κ3) is 2.36. The summed E-state index contributed by atoms with van der Waals surface area (Å²) in [5.74, 6) is 0. The predicted molar refractivity (Wildman–Crippen MR) is 26.7 cm³/mol. The summed E-state index contributed by atoms with van der Waals surface area (Å²) >= 11 is 0. The molecule has 1 unspecified atom stereocenters. The van der Waals surface area contributed by atoms with E-state index in [-0.39, 0.29) is 0 Å². The smallest absolute Gasteiger partial charge is 0.280 e. The molecule has 0 aromatic rings. The highest BCUT2D eigenvalue weighted by Gasteiger charge is 2.13. The molecule has 0 rings (SSSR count). The average molecular weight is 160 g/mol. The van der Waals surface area contributed by atoms with Gasteiger partial charge >= 0.3 is 19.3 Å². The van der Waals surface area contributed by atoms with Crippen molar-refractivity contribution in [2.24, 2.45) is 0 Å². The van der Waals surface area contributed by atoms with E-state index in [0.29, 0.717) is 0 Å². The van der Waals surface area contributed by atoms with Crippen LogP contribution in [0.2, 0.25) is 0 Å². The topological polar surface area (TPSA) is 80.7 Å². The van der Waals surface area contributed by atoms with Crippen molar-refractivity contribution in [3.8, 4) is 0 Å². The standard InChI is InChI=1S/CH4O5S2/c1-6-7(2)8(3,4)5/h1H3,(H,3,4,5). The van der Waals surface area contributed by atoms with Crippen molar-refractivity contribution in [2.45, 2.75) is 0 Å². The van der Waals surface area contributed by atoms with Gasteiger partial charge in [-0.15, -0.1) is 0 Å². The van der Waals surface area contributed by atoms with Crippen LogP contribution in [-0.2, 0) is 23.4 Å². The summed E-state index contributed by atoms with van der Waals surface area (Å²) in [5.41, 5.74) is 0. The second kappa shape index (κ2) is 2.53. The Labute approximate surface area is 48.5 Å². The van der Waals surface area contributed by atoms with Crippen molar-refractivity contribution < 1.29 is 21.4 Å². The highest BCUT2D eigenvalue weighted by Crippen LogP contribution is 1.90. The van der Waals surface area contributed by atoms with Crippen LogP contribution >= 0.6 is 0 Å². The fourth-order valence-electron chi connectivity index (χ4n) is 0.0860. The first-order valence-corrected chi connectivity index (χ1v) is 4.46. The van der Waals surface area contributed by atoms with Crippen LogP contribution in [0.5, 0.6) is 0 Å². The van der Waals surface area contributed by atoms with E-state index in [1.807, 2.05) is 0 Å². The van der Waals surface area contributed by atoms with E-state index in [1.165, 1.54) is 0 Å². The van der Waals surface area contributed by atoms with Crippen molar-refractivity contribution >= 4 is 19.3 Å². The molecule has 1 N–H and O–H groups in total. The highest BCUT2D eigenvalue weighted by atomic mass is 33.2. The Balaban J connectivity index is 4.29. The third-order valence-corrected chi connectivity index (χ3v) is 2.36. The quantitative estimate of drug-likeness (QED) is 0.418. The minimum Gasteiger partial charge on any atom is -0.280 e. The van der Waals surface area contributed by atoms with E-state index >= 15 is 0 Å². The minimum atomic E-state index is -4.50.